The van der Waals surface area contributed by atoms with Crippen molar-refractivity contribution in [3.8, 4) is 11.8 Å². The lowest BCUT2D eigenvalue weighted by atomic mass is 10.1. The summed E-state index contributed by atoms with van der Waals surface area (Å²) in [6, 6.07) is 0. The van der Waals surface area contributed by atoms with Gasteiger partial charge in [0, 0.05) is 12.3 Å². The molecule has 0 aliphatic carbocycles. The molecule has 0 aliphatic rings. The third kappa shape index (κ3) is 13.0. The van der Waals surface area contributed by atoms with Crippen LogP contribution in [-0.4, -0.2) is 5.97 Å². The van der Waals surface area contributed by atoms with Gasteiger partial charge in [-0.2, -0.15) is 0 Å². The van der Waals surface area contributed by atoms with Gasteiger partial charge in [-0.15, -0.1) is 0 Å². The zero-order valence-corrected chi connectivity index (χ0v) is 10.4. The molecule has 91 valence electrons. The summed E-state index contributed by atoms with van der Waals surface area (Å²) in [6.07, 6.45) is 12.1. The molecular weight excluding hydrogens is 200 g/mol. The molecule has 2 heteroatoms. The zero-order valence-electron chi connectivity index (χ0n) is 10.4. The molecule has 0 fully saturated rings. The first-order valence-electron chi connectivity index (χ1n) is 6.47. The van der Waals surface area contributed by atoms with E-state index >= 15 is 0 Å². The van der Waals surface area contributed by atoms with Crippen LogP contribution in [0.1, 0.15) is 71.1 Å². The topological polar surface area (TPSA) is 37.0 Å². The van der Waals surface area contributed by atoms with Gasteiger partial charge in [-0.25, -0.2) is 9.90 Å². The highest BCUT2D eigenvalue weighted by molar-refractivity contribution is 5.85. The van der Waals surface area contributed by atoms with Crippen LogP contribution in [0.15, 0.2) is 0 Å². The Balaban J connectivity index is 3.05. The van der Waals surface area contributed by atoms with E-state index in [4.69, 9.17) is 0 Å². The number of carbonyl (C=O) groups excluding carboxylic acids is 1. The standard InChI is InChI=1S/C14H23O2/c1-2-3-4-5-6-7-8-9-10-11-12-13-14(15)16/h2-11H2,1H3. The minimum atomic E-state index is -1.27. The van der Waals surface area contributed by atoms with Crippen LogP contribution in [0.4, 0.5) is 0 Å². The first-order valence-corrected chi connectivity index (χ1v) is 6.47. The quantitative estimate of drug-likeness (QED) is 0.432. The van der Waals surface area contributed by atoms with Crippen molar-refractivity contribution in [2.45, 2.75) is 71.1 Å². The maximum absolute atomic E-state index is 9.97. The van der Waals surface area contributed by atoms with Gasteiger partial charge < -0.3 is 0 Å². The normalized spacial score (nSPS) is 9.56. The van der Waals surface area contributed by atoms with E-state index in [1.165, 1.54) is 44.9 Å². The van der Waals surface area contributed by atoms with E-state index in [9.17, 15) is 9.90 Å². The van der Waals surface area contributed by atoms with Crippen LogP contribution in [0, 0.1) is 11.8 Å². The smallest absolute Gasteiger partial charge is 0.231 e. The molecule has 16 heavy (non-hydrogen) atoms. The van der Waals surface area contributed by atoms with Crippen molar-refractivity contribution in [2.75, 3.05) is 0 Å². The van der Waals surface area contributed by atoms with Crippen molar-refractivity contribution in [1.29, 1.82) is 0 Å². The van der Waals surface area contributed by atoms with Crippen LogP contribution in [0.25, 0.3) is 0 Å². The summed E-state index contributed by atoms with van der Waals surface area (Å²) in [6.45, 7) is 2.23. The summed E-state index contributed by atoms with van der Waals surface area (Å²) in [4.78, 5) is 9.97. The summed E-state index contributed by atoms with van der Waals surface area (Å²) in [5.74, 6) is 3.35. The van der Waals surface area contributed by atoms with E-state index in [1.807, 2.05) is 5.92 Å². The van der Waals surface area contributed by atoms with E-state index in [1.54, 1.807) is 0 Å². The average Bonchev–Trinajstić information content (AvgIpc) is 2.25. The lowest BCUT2D eigenvalue weighted by molar-refractivity contribution is -0.136. The molecule has 0 aromatic heterocycles. The molecule has 0 bridgehead atoms. The highest BCUT2D eigenvalue weighted by Crippen LogP contribution is 2.09. The molecule has 0 saturated heterocycles. The lowest BCUT2D eigenvalue weighted by Gasteiger charge is -1.99. The minimum absolute atomic E-state index is 0.684. The summed E-state index contributed by atoms with van der Waals surface area (Å²) in [5, 5.41) is 9.97. The second-order valence-electron chi connectivity index (χ2n) is 4.17. The summed E-state index contributed by atoms with van der Waals surface area (Å²) >= 11 is 0. The maximum Gasteiger partial charge on any atom is 0.429 e. The molecule has 0 aromatic carbocycles. The Morgan fingerprint density at radius 2 is 1.38 bits per heavy atom. The van der Waals surface area contributed by atoms with Crippen LogP contribution in [0.5, 0.6) is 0 Å². The van der Waals surface area contributed by atoms with Gasteiger partial charge >= 0.3 is 5.97 Å². The number of rotatable bonds is 9. The van der Waals surface area contributed by atoms with Crippen LogP contribution < -0.4 is 0 Å². The number of unbranched alkanes of at least 4 members (excludes halogenated alkanes) is 9. The number of carbonyl (C=O) groups is 1. The van der Waals surface area contributed by atoms with Crippen LogP contribution in [0.3, 0.4) is 0 Å². The van der Waals surface area contributed by atoms with Gasteiger partial charge in [0.1, 0.15) is 0 Å². The molecule has 2 nitrogen and oxygen atoms in total. The SMILES string of the molecule is CCCCCCCCCCCC#CC([O])=O. The molecule has 0 spiro atoms. The van der Waals surface area contributed by atoms with E-state index < -0.39 is 5.97 Å². The van der Waals surface area contributed by atoms with Crippen molar-refractivity contribution < 1.29 is 9.90 Å². The minimum Gasteiger partial charge on any atom is -0.231 e. The molecule has 0 heterocycles. The third-order valence-electron chi connectivity index (χ3n) is 2.60. The van der Waals surface area contributed by atoms with Crippen molar-refractivity contribution >= 4 is 5.97 Å². The van der Waals surface area contributed by atoms with E-state index in [0.29, 0.717) is 6.42 Å². The average molecular weight is 223 g/mol. The molecular formula is C14H23O2. The molecule has 0 aliphatic heterocycles. The molecule has 0 amide bonds. The van der Waals surface area contributed by atoms with Crippen molar-refractivity contribution in [3.05, 3.63) is 0 Å². The summed E-state index contributed by atoms with van der Waals surface area (Å²) in [5.41, 5.74) is 0. The molecule has 0 aromatic rings. The van der Waals surface area contributed by atoms with Crippen molar-refractivity contribution in [1.82, 2.24) is 0 Å². The molecule has 1 radical (unpaired) electrons. The fourth-order valence-corrected chi connectivity index (χ4v) is 1.66. The summed E-state index contributed by atoms with van der Waals surface area (Å²) < 4.78 is 0. The Bertz CT molecular complexity index is 223. The Morgan fingerprint density at radius 1 is 0.875 bits per heavy atom. The Kier molecular flexibility index (Phi) is 11.4. The zero-order chi connectivity index (χ0) is 12.1. The monoisotopic (exact) mass is 223 g/mol. The first kappa shape index (κ1) is 15.0. The fraction of sp³-hybridized carbons (Fsp3) is 0.786. The summed E-state index contributed by atoms with van der Waals surface area (Å²) in [7, 11) is 0. The van der Waals surface area contributed by atoms with Gasteiger partial charge in [-0.3, -0.25) is 0 Å². The second-order valence-corrected chi connectivity index (χ2v) is 4.17. The van der Waals surface area contributed by atoms with Crippen molar-refractivity contribution in [2.24, 2.45) is 0 Å². The van der Waals surface area contributed by atoms with Crippen LogP contribution in [-0.2, 0) is 9.90 Å². The third-order valence-corrected chi connectivity index (χ3v) is 2.60. The van der Waals surface area contributed by atoms with Gasteiger partial charge in [0.15, 0.2) is 0 Å². The largest absolute Gasteiger partial charge is 0.429 e. The molecule has 0 rings (SSSR count). The predicted molar refractivity (Wildman–Crippen MR) is 65.3 cm³/mol. The van der Waals surface area contributed by atoms with Crippen molar-refractivity contribution in [3.63, 3.8) is 0 Å². The fourth-order valence-electron chi connectivity index (χ4n) is 1.66. The highest BCUT2D eigenvalue weighted by Gasteiger charge is 1.91. The first-order chi connectivity index (χ1) is 7.77. The maximum atomic E-state index is 9.97. The van der Waals surface area contributed by atoms with Gasteiger partial charge in [-0.05, 0) is 6.42 Å². The van der Waals surface area contributed by atoms with E-state index in [2.05, 4.69) is 12.8 Å². The van der Waals surface area contributed by atoms with E-state index in [-0.39, 0.29) is 0 Å². The second kappa shape index (κ2) is 12.1. The molecule has 0 unspecified atom stereocenters. The highest BCUT2D eigenvalue weighted by atomic mass is 16.4. The van der Waals surface area contributed by atoms with Gasteiger partial charge in [-0.1, -0.05) is 64.2 Å². The van der Waals surface area contributed by atoms with E-state index in [0.717, 1.165) is 12.8 Å². The lowest BCUT2D eigenvalue weighted by Crippen LogP contribution is -1.84. The number of hydrogen-bond acceptors (Lipinski definition) is 1. The van der Waals surface area contributed by atoms with Crippen LogP contribution >= 0.6 is 0 Å². The Hall–Kier alpha value is -0.970. The van der Waals surface area contributed by atoms with Crippen LogP contribution in [0.2, 0.25) is 0 Å². The van der Waals surface area contributed by atoms with Gasteiger partial charge in [0.25, 0.3) is 0 Å². The Labute approximate surface area is 99.4 Å². The molecule has 0 atom stereocenters. The van der Waals surface area contributed by atoms with Gasteiger partial charge in [0.05, 0.1) is 0 Å². The molecule has 0 N–H and O–H groups in total. The number of hydrogen-bond donors (Lipinski definition) is 0. The Morgan fingerprint density at radius 3 is 1.88 bits per heavy atom. The predicted octanol–water partition coefficient (Wildman–Crippen LogP) is 3.87. The van der Waals surface area contributed by atoms with Gasteiger partial charge in [0.2, 0.25) is 0 Å². The molecule has 0 saturated carbocycles.